The van der Waals surface area contributed by atoms with E-state index in [9.17, 15) is 30.0 Å². The number of methoxy groups -OCH3 is 2. The number of allylic oxidation sites excluding steroid dienone is 1. The molecule has 6 rings (SSSR count). The number of carbonyl (C=O) groups excluding carboxylic acids is 1. The third-order valence-corrected chi connectivity index (χ3v) is 16.3. The van der Waals surface area contributed by atoms with Crippen molar-refractivity contribution in [2.24, 2.45) is 41.4 Å². The Bertz CT molecular complexity index is 1640. The summed E-state index contributed by atoms with van der Waals surface area (Å²) in [5.74, 6) is -7.53. The Morgan fingerprint density at radius 1 is 0.841 bits per heavy atom. The quantitative estimate of drug-likeness (QED) is 0.150. The van der Waals surface area contributed by atoms with Crippen LogP contribution in [0.4, 0.5) is 0 Å². The molecule has 6 aliphatic rings. The number of hydrogen-bond donors (Lipinski definition) is 4. The van der Waals surface area contributed by atoms with Gasteiger partial charge in [-0.3, -0.25) is 9.59 Å². The molecule has 63 heavy (non-hydrogen) atoms. The van der Waals surface area contributed by atoms with Crippen molar-refractivity contribution >= 4 is 11.8 Å². The third kappa shape index (κ3) is 9.74. The molecule has 2 spiro atoms. The number of carboxylic acids is 1. The van der Waals surface area contributed by atoms with Gasteiger partial charge >= 0.3 is 5.97 Å². The Morgan fingerprint density at radius 3 is 2.14 bits per heavy atom. The molecule has 4 N–H and O–H groups in total. The molecule has 0 aliphatic carbocycles. The van der Waals surface area contributed by atoms with Crippen LogP contribution in [0.25, 0.3) is 0 Å². The lowest BCUT2D eigenvalue weighted by molar-refractivity contribution is -0.389. The first kappa shape index (κ1) is 50.8. The van der Waals surface area contributed by atoms with Gasteiger partial charge in [0.2, 0.25) is 0 Å². The van der Waals surface area contributed by atoms with E-state index in [1.54, 1.807) is 35.0 Å². The van der Waals surface area contributed by atoms with Crippen LogP contribution in [0.3, 0.4) is 0 Å². The second-order valence-electron chi connectivity index (χ2n) is 21.0. The minimum Gasteiger partial charge on any atom is -0.481 e. The van der Waals surface area contributed by atoms with Crippen LogP contribution in [0, 0.1) is 41.4 Å². The maximum atomic E-state index is 13.5. The van der Waals surface area contributed by atoms with Crippen molar-refractivity contribution in [3.63, 3.8) is 0 Å². The third-order valence-electron chi connectivity index (χ3n) is 16.3. The topological polar surface area (TPSA) is 198 Å². The van der Waals surface area contributed by atoms with E-state index in [1.165, 1.54) is 0 Å². The molecule has 6 aliphatic heterocycles. The summed E-state index contributed by atoms with van der Waals surface area (Å²) in [7, 11) is 3.29. The lowest BCUT2D eigenvalue weighted by Crippen LogP contribution is -2.63. The molecule has 6 heterocycles. The number of Topliss-reactive ketones (excluding diaryl/α,β-unsaturated/α-hetero) is 1. The molecule has 6 saturated heterocycles. The van der Waals surface area contributed by atoms with Crippen LogP contribution >= 0.6 is 0 Å². The highest BCUT2D eigenvalue weighted by atomic mass is 16.8. The van der Waals surface area contributed by atoms with Crippen LogP contribution in [-0.4, -0.2) is 137 Å². The van der Waals surface area contributed by atoms with Crippen molar-refractivity contribution in [3.05, 3.63) is 11.6 Å². The van der Waals surface area contributed by atoms with E-state index in [0.29, 0.717) is 31.3 Å². The molecular formula is C48H80O15. The molecule has 0 aromatic heterocycles. The first-order chi connectivity index (χ1) is 29.4. The van der Waals surface area contributed by atoms with Gasteiger partial charge in [-0.15, -0.1) is 0 Å². The Kier molecular flexibility index (Phi) is 15.5. The molecule has 362 valence electrons. The number of hydrogen-bond acceptors (Lipinski definition) is 14. The second-order valence-corrected chi connectivity index (χ2v) is 21.0. The van der Waals surface area contributed by atoms with Crippen molar-refractivity contribution < 1.29 is 72.6 Å². The van der Waals surface area contributed by atoms with Gasteiger partial charge in [-0.1, -0.05) is 54.5 Å². The molecule has 15 nitrogen and oxygen atoms in total. The van der Waals surface area contributed by atoms with Crippen LogP contribution in [0.15, 0.2) is 11.6 Å². The Morgan fingerprint density at radius 2 is 1.52 bits per heavy atom. The van der Waals surface area contributed by atoms with Crippen LogP contribution < -0.4 is 0 Å². The van der Waals surface area contributed by atoms with Crippen LogP contribution in [0.5, 0.6) is 0 Å². The van der Waals surface area contributed by atoms with E-state index in [2.05, 4.69) is 13.8 Å². The van der Waals surface area contributed by atoms with E-state index in [0.717, 1.165) is 12.8 Å². The number of rotatable bonds is 14. The number of ether oxygens (including phenoxy) is 9. The average Bonchev–Trinajstić information content (AvgIpc) is 3.65. The van der Waals surface area contributed by atoms with Gasteiger partial charge in [-0.25, -0.2) is 0 Å². The van der Waals surface area contributed by atoms with Gasteiger partial charge in [0, 0.05) is 75.4 Å². The summed E-state index contributed by atoms with van der Waals surface area (Å²) < 4.78 is 60.2. The lowest BCUT2D eigenvalue weighted by Gasteiger charge is -2.53. The highest BCUT2D eigenvalue weighted by Gasteiger charge is 2.68. The fourth-order valence-electron chi connectivity index (χ4n) is 12.1. The second kappa shape index (κ2) is 19.2. The number of carboxylic acid groups (broad SMARTS) is 1. The Labute approximate surface area is 375 Å². The Hall–Kier alpha value is -1.60. The van der Waals surface area contributed by atoms with E-state index in [4.69, 9.17) is 42.6 Å². The van der Waals surface area contributed by atoms with Gasteiger partial charge in [0.15, 0.2) is 29.4 Å². The molecule has 0 radical (unpaired) electrons. The van der Waals surface area contributed by atoms with Crippen molar-refractivity contribution in [1.29, 1.82) is 0 Å². The lowest BCUT2D eigenvalue weighted by atomic mass is 9.76. The van der Waals surface area contributed by atoms with Crippen LogP contribution in [0.2, 0.25) is 0 Å². The normalized spacial score (nSPS) is 48.6. The zero-order valence-corrected chi connectivity index (χ0v) is 40.2. The van der Waals surface area contributed by atoms with E-state index in [-0.39, 0.29) is 67.0 Å². The minimum absolute atomic E-state index is 0.0264. The van der Waals surface area contributed by atoms with Gasteiger partial charge in [-0.2, -0.15) is 0 Å². The molecule has 21 unspecified atom stereocenters. The van der Waals surface area contributed by atoms with Crippen molar-refractivity contribution in [1.82, 2.24) is 0 Å². The van der Waals surface area contributed by atoms with Gasteiger partial charge in [0.05, 0.1) is 67.0 Å². The number of aliphatic carboxylic acids is 1. The smallest absolute Gasteiger partial charge is 0.306 e. The van der Waals surface area contributed by atoms with E-state index >= 15 is 0 Å². The van der Waals surface area contributed by atoms with Gasteiger partial charge in [0.1, 0.15) is 5.60 Å². The zero-order chi connectivity index (χ0) is 46.6. The predicted octanol–water partition coefficient (Wildman–Crippen LogP) is 5.92. The fraction of sp³-hybridized carbons (Fsp3) is 0.917. The predicted molar refractivity (Wildman–Crippen MR) is 230 cm³/mol. The average molecular weight is 897 g/mol. The SMILES string of the molecule is COC1CCC(OC2CC3(CC(O)C(C)C(C(C)C=C(C)C(=O)C(C)CC(C)C(=O)O)O3)OC2(C)C2CCC(C)C3(O2)OC(C)(C2CC(OC)C(C)C(O)(CO)O2)CC3C)OC1C. The molecule has 0 amide bonds. The number of aliphatic hydroxyl groups is 3. The molecule has 15 heteroatoms. The summed E-state index contributed by atoms with van der Waals surface area (Å²) in [6.45, 7) is 20.5. The summed E-state index contributed by atoms with van der Waals surface area (Å²) in [5, 5.41) is 43.0. The van der Waals surface area contributed by atoms with Crippen molar-refractivity contribution in [2.45, 2.75) is 218 Å². The summed E-state index contributed by atoms with van der Waals surface area (Å²) in [5.41, 5.74) is -1.49. The molecular weight excluding hydrogens is 817 g/mol. The van der Waals surface area contributed by atoms with Gasteiger partial charge < -0.3 is 63.1 Å². The van der Waals surface area contributed by atoms with Gasteiger partial charge in [0.25, 0.3) is 0 Å². The summed E-state index contributed by atoms with van der Waals surface area (Å²) in [6.07, 6.45) is 2.10. The first-order valence-electron chi connectivity index (χ1n) is 23.7. The van der Waals surface area contributed by atoms with E-state index in [1.807, 2.05) is 47.6 Å². The number of carbonyl (C=O) groups is 2. The maximum Gasteiger partial charge on any atom is 0.306 e. The largest absolute Gasteiger partial charge is 0.481 e. The standard InChI is InChI=1S/C48H80O15/c1-25(41(51)26(2)19-28(4)43(52)53)18-27(3)42-31(7)34(50)22-46(61-42)23-39(58-40-17-15-35(55-12)33(9)57-40)45(11,63-46)37-16-14-29(5)48(60-37)30(6)21-44(10,62-48)38-20-36(56-13)32(8)47(54,24-49)59-38/h18,26-40,42,49-50,54H,14-17,19-24H2,1-13H3,(H,52,53). The zero-order valence-electron chi connectivity index (χ0n) is 40.2. The number of ketones is 1. The minimum atomic E-state index is -1.80. The molecule has 21 atom stereocenters. The van der Waals surface area contributed by atoms with Crippen LogP contribution in [0.1, 0.15) is 134 Å². The summed E-state index contributed by atoms with van der Waals surface area (Å²) in [6, 6.07) is 0. The van der Waals surface area contributed by atoms with Crippen LogP contribution in [-0.2, 0) is 52.2 Å². The molecule has 0 aromatic rings. The molecule has 0 bridgehead atoms. The maximum absolute atomic E-state index is 13.5. The van der Waals surface area contributed by atoms with Gasteiger partial charge in [-0.05, 0) is 65.4 Å². The first-order valence-corrected chi connectivity index (χ1v) is 23.7. The Balaban J connectivity index is 1.29. The van der Waals surface area contributed by atoms with Crippen molar-refractivity contribution in [2.75, 3.05) is 20.8 Å². The highest BCUT2D eigenvalue weighted by Crippen LogP contribution is 2.58. The summed E-state index contributed by atoms with van der Waals surface area (Å²) >= 11 is 0. The monoisotopic (exact) mass is 897 g/mol. The molecule has 0 saturated carbocycles. The number of aliphatic hydroxyl groups excluding tert-OH is 2. The molecule has 0 aromatic carbocycles. The summed E-state index contributed by atoms with van der Waals surface area (Å²) in [4.78, 5) is 25.0. The fourth-order valence-corrected chi connectivity index (χ4v) is 12.1. The highest BCUT2D eigenvalue weighted by molar-refractivity contribution is 5.96. The van der Waals surface area contributed by atoms with E-state index < -0.39 is 95.7 Å². The van der Waals surface area contributed by atoms with Crippen molar-refractivity contribution in [3.8, 4) is 0 Å². The molecule has 6 fully saturated rings.